The van der Waals surface area contributed by atoms with Crippen LogP contribution in [0.25, 0.3) is 0 Å². The van der Waals surface area contributed by atoms with Gasteiger partial charge >= 0.3 is 0 Å². The van der Waals surface area contributed by atoms with Crippen LogP contribution in [0, 0.1) is 0 Å². The minimum Gasteiger partial charge on any atom is -0.334 e. The lowest BCUT2D eigenvalue weighted by Crippen LogP contribution is -2.21. The highest BCUT2D eigenvalue weighted by atomic mass is 79.9. The maximum Gasteiger partial charge on any atom is 0.161 e. The van der Waals surface area contributed by atoms with Crippen LogP contribution in [0.1, 0.15) is 25.7 Å². The van der Waals surface area contributed by atoms with Crippen LogP contribution in [-0.2, 0) is 0 Å². The van der Waals surface area contributed by atoms with E-state index < -0.39 is 0 Å². The summed E-state index contributed by atoms with van der Waals surface area (Å²) < 4.78 is 0.905. The molecule has 0 unspecified atom stereocenters. The quantitative estimate of drug-likeness (QED) is 0.780. The first-order chi connectivity index (χ1) is 8.69. The van der Waals surface area contributed by atoms with Gasteiger partial charge in [-0.05, 0) is 40.9 Å². The largest absolute Gasteiger partial charge is 0.334 e. The lowest BCUT2D eigenvalue weighted by atomic mass is 10.0. The van der Waals surface area contributed by atoms with Gasteiger partial charge in [0.15, 0.2) is 5.17 Å². The van der Waals surface area contributed by atoms with E-state index in [1.807, 2.05) is 30.0 Å². The van der Waals surface area contributed by atoms with E-state index in [2.05, 4.69) is 21.2 Å². The molecule has 5 heteroatoms. The molecular formula is C13H14BrClN2S. The summed E-state index contributed by atoms with van der Waals surface area (Å²) in [5.41, 5.74) is 1.21. The molecule has 96 valence electrons. The summed E-state index contributed by atoms with van der Waals surface area (Å²) in [4.78, 5) is 4.89. The summed E-state index contributed by atoms with van der Waals surface area (Å²) in [6.07, 6.45) is 5.11. The first kappa shape index (κ1) is 12.8. The molecule has 1 N–H and O–H groups in total. The molecule has 0 saturated heterocycles. The SMILES string of the molecule is Clc1cccc(NC2=NC3(CCCC3)CS2)c1Br. The minimum atomic E-state index is 0.220. The van der Waals surface area contributed by atoms with Gasteiger partial charge in [0.1, 0.15) is 0 Å². The molecule has 1 heterocycles. The standard InChI is InChI=1S/C13H14BrClN2S/c14-11-9(15)4-3-5-10(11)16-12-17-13(8-18-12)6-1-2-7-13/h3-5H,1-2,6-8H2,(H,16,17). The highest BCUT2D eigenvalue weighted by Gasteiger charge is 2.38. The summed E-state index contributed by atoms with van der Waals surface area (Å²) in [7, 11) is 0. The summed E-state index contributed by atoms with van der Waals surface area (Å²) in [6.45, 7) is 0. The smallest absolute Gasteiger partial charge is 0.161 e. The summed E-state index contributed by atoms with van der Waals surface area (Å²) >= 11 is 11.4. The maximum absolute atomic E-state index is 6.09. The van der Waals surface area contributed by atoms with Crippen molar-refractivity contribution in [3.05, 3.63) is 27.7 Å². The number of hydrogen-bond acceptors (Lipinski definition) is 3. The van der Waals surface area contributed by atoms with Crippen LogP contribution in [0.2, 0.25) is 5.02 Å². The molecule has 1 aromatic carbocycles. The molecule has 1 saturated carbocycles. The van der Waals surface area contributed by atoms with Crippen molar-refractivity contribution in [3.63, 3.8) is 0 Å². The Balaban J connectivity index is 1.79. The molecule has 2 nitrogen and oxygen atoms in total. The van der Waals surface area contributed by atoms with E-state index in [-0.39, 0.29) is 5.54 Å². The van der Waals surface area contributed by atoms with Gasteiger partial charge in [0.25, 0.3) is 0 Å². The van der Waals surface area contributed by atoms with Crippen molar-refractivity contribution in [2.75, 3.05) is 11.1 Å². The van der Waals surface area contributed by atoms with E-state index in [4.69, 9.17) is 16.6 Å². The van der Waals surface area contributed by atoms with E-state index in [0.717, 1.165) is 26.1 Å². The molecule has 3 rings (SSSR count). The number of rotatable bonds is 1. The Labute approximate surface area is 125 Å². The van der Waals surface area contributed by atoms with Crippen LogP contribution in [-0.4, -0.2) is 16.5 Å². The Morgan fingerprint density at radius 1 is 1.33 bits per heavy atom. The average Bonchev–Trinajstić information content (AvgIpc) is 2.97. The van der Waals surface area contributed by atoms with Crippen LogP contribution in [0.3, 0.4) is 0 Å². The van der Waals surface area contributed by atoms with Crippen molar-refractivity contribution in [1.82, 2.24) is 0 Å². The van der Waals surface area contributed by atoms with Gasteiger partial charge < -0.3 is 5.32 Å². The molecule has 0 atom stereocenters. The Hall–Kier alpha value is -0.190. The molecule has 0 aromatic heterocycles. The van der Waals surface area contributed by atoms with E-state index in [1.165, 1.54) is 25.7 Å². The van der Waals surface area contributed by atoms with Crippen LogP contribution in [0.4, 0.5) is 5.69 Å². The number of nitrogens with one attached hydrogen (secondary N) is 1. The second-order valence-corrected chi connectivity index (χ2v) is 7.03. The number of thioether (sulfide) groups is 1. The molecule has 1 spiro atoms. The highest BCUT2D eigenvalue weighted by Crippen LogP contribution is 2.41. The molecule has 1 aromatic rings. The lowest BCUT2D eigenvalue weighted by Gasteiger charge is -2.16. The van der Waals surface area contributed by atoms with Crippen LogP contribution in [0.5, 0.6) is 0 Å². The van der Waals surface area contributed by atoms with Gasteiger partial charge in [-0.3, -0.25) is 4.99 Å². The summed E-state index contributed by atoms with van der Waals surface area (Å²) in [6, 6.07) is 5.83. The van der Waals surface area contributed by atoms with Gasteiger partial charge in [-0.25, -0.2) is 0 Å². The Morgan fingerprint density at radius 2 is 2.11 bits per heavy atom. The minimum absolute atomic E-state index is 0.220. The van der Waals surface area contributed by atoms with Crippen molar-refractivity contribution < 1.29 is 0 Å². The molecule has 0 bridgehead atoms. The van der Waals surface area contributed by atoms with Crippen molar-refractivity contribution in [3.8, 4) is 0 Å². The zero-order valence-electron chi connectivity index (χ0n) is 9.88. The fourth-order valence-corrected chi connectivity index (χ4v) is 4.29. The molecule has 0 amide bonds. The van der Waals surface area contributed by atoms with Crippen LogP contribution >= 0.6 is 39.3 Å². The molecule has 1 aliphatic heterocycles. The number of halogens is 2. The zero-order valence-corrected chi connectivity index (χ0v) is 13.0. The van der Waals surface area contributed by atoms with Crippen molar-refractivity contribution in [2.45, 2.75) is 31.2 Å². The van der Waals surface area contributed by atoms with Crippen molar-refractivity contribution in [2.24, 2.45) is 4.99 Å². The third-order valence-corrected chi connectivity index (χ3v) is 6.09. The lowest BCUT2D eigenvalue weighted by molar-refractivity contribution is 0.508. The fourth-order valence-electron chi connectivity index (χ4n) is 2.55. The molecule has 2 aliphatic rings. The maximum atomic E-state index is 6.09. The van der Waals surface area contributed by atoms with Gasteiger partial charge in [0.05, 0.1) is 20.7 Å². The number of nitrogens with zero attached hydrogens (tertiary/aromatic N) is 1. The highest BCUT2D eigenvalue weighted by molar-refractivity contribution is 9.10. The summed E-state index contributed by atoms with van der Waals surface area (Å²) in [5, 5.41) is 5.13. The van der Waals surface area contributed by atoms with Gasteiger partial charge in [0.2, 0.25) is 0 Å². The molecular weight excluding hydrogens is 332 g/mol. The van der Waals surface area contributed by atoms with Crippen molar-refractivity contribution in [1.29, 1.82) is 0 Å². The molecule has 0 radical (unpaired) electrons. The van der Waals surface area contributed by atoms with E-state index in [0.29, 0.717) is 0 Å². The monoisotopic (exact) mass is 344 g/mol. The topological polar surface area (TPSA) is 24.4 Å². The Morgan fingerprint density at radius 3 is 2.89 bits per heavy atom. The third-order valence-electron chi connectivity index (χ3n) is 3.54. The molecule has 18 heavy (non-hydrogen) atoms. The number of amidine groups is 1. The van der Waals surface area contributed by atoms with E-state index in [1.54, 1.807) is 0 Å². The van der Waals surface area contributed by atoms with Gasteiger partial charge in [-0.1, -0.05) is 42.3 Å². The van der Waals surface area contributed by atoms with E-state index >= 15 is 0 Å². The predicted molar refractivity (Wildman–Crippen MR) is 83.9 cm³/mol. The normalized spacial score (nSPS) is 21.3. The zero-order chi connectivity index (χ0) is 12.6. The average molecular weight is 346 g/mol. The first-order valence-electron chi connectivity index (χ1n) is 6.12. The summed E-state index contributed by atoms with van der Waals surface area (Å²) in [5.74, 6) is 1.12. The third kappa shape index (κ3) is 2.43. The Bertz CT molecular complexity index is 498. The van der Waals surface area contributed by atoms with E-state index in [9.17, 15) is 0 Å². The number of anilines is 1. The van der Waals surface area contributed by atoms with Crippen LogP contribution in [0.15, 0.2) is 27.7 Å². The van der Waals surface area contributed by atoms with Gasteiger partial charge in [-0.15, -0.1) is 0 Å². The number of aliphatic imine (C=N–C) groups is 1. The number of hydrogen-bond donors (Lipinski definition) is 1. The van der Waals surface area contributed by atoms with Gasteiger partial charge in [0, 0.05) is 5.75 Å². The molecule has 1 fully saturated rings. The predicted octanol–water partition coefficient (Wildman–Crippen LogP) is 4.93. The fraction of sp³-hybridized carbons (Fsp3) is 0.462. The number of benzene rings is 1. The second-order valence-electron chi connectivity index (χ2n) is 4.86. The van der Waals surface area contributed by atoms with Crippen LogP contribution < -0.4 is 5.32 Å². The van der Waals surface area contributed by atoms with Gasteiger partial charge in [-0.2, -0.15) is 0 Å². The first-order valence-corrected chi connectivity index (χ1v) is 8.28. The van der Waals surface area contributed by atoms with Crippen molar-refractivity contribution >= 4 is 50.1 Å². The Kier molecular flexibility index (Phi) is 3.61. The molecule has 1 aliphatic carbocycles. The second kappa shape index (κ2) is 5.06.